The van der Waals surface area contributed by atoms with E-state index in [1.54, 1.807) is 18.2 Å². The molecular formula is C11H7Cl2NO. The van der Waals surface area contributed by atoms with Gasteiger partial charge in [-0.3, -0.25) is 4.79 Å². The maximum absolute atomic E-state index is 10.7. The number of nitrogens with two attached hydrogens (primary N) is 1. The highest BCUT2D eigenvalue weighted by Gasteiger charge is 2.09. The Labute approximate surface area is 96.6 Å². The molecule has 0 unspecified atom stereocenters. The summed E-state index contributed by atoms with van der Waals surface area (Å²) in [4.78, 5) is 10.7. The molecule has 2 aromatic rings. The van der Waals surface area contributed by atoms with E-state index in [0.717, 1.165) is 5.39 Å². The van der Waals surface area contributed by atoms with E-state index in [-0.39, 0.29) is 0 Å². The monoisotopic (exact) mass is 239 g/mol. The van der Waals surface area contributed by atoms with Crippen LogP contribution in [0.1, 0.15) is 10.4 Å². The number of hydrogen-bond donors (Lipinski definition) is 1. The lowest BCUT2D eigenvalue weighted by Gasteiger charge is -2.07. The van der Waals surface area contributed by atoms with Gasteiger partial charge >= 0.3 is 0 Å². The summed E-state index contributed by atoms with van der Waals surface area (Å²) in [5.41, 5.74) is 6.63. The van der Waals surface area contributed by atoms with Gasteiger partial charge in [-0.25, -0.2) is 0 Å². The minimum Gasteiger partial charge on any atom is -0.397 e. The molecular weight excluding hydrogens is 233 g/mol. The molecule has 0 aliphatic rings. The molecule has 76 valence electrons. The highest BCUT2D eigenvalue weighted by atomic mass is 35.5. The van der Waals surface area contributed by atoms with Gasteiger partial charge in [0.2, 0.25) is 0 Å². The number of nitrogen functional groups attached to an aromatic ring is 1. The molecule has 0 aromatic heterocycles. The Balaban J connectivity index is 2.95. The van der Waals surface area contributed by atoms with Gasteiger partial charge in [-0.1, -0.05) is 35.3 Å². The molecule has 0 amide bonds. The summed E-state index contributed by atoms with van der Waals surface area (Å²) in [7, 11) is 0. The van der Waals surface area contributed by atoms with Crippen LogP contribution in [0.5, 0.6) is 0 Å². The van der Waals surface area contributed by atoms with E-state index in [9.17, 15) is 4.79 Å². The van der Waals surface area contributed by atoms with Crippen molar-refractivity contribution >= 4 is 45.9 Å². The van der Waals surface area contributed by atoms with Gasteiger partial charge in [-0.05, 0) is 17.5 Å². The molecule has 0 radical (unpaired) electrons. The van der Waals surface area contributed by atoms with Gasteiger partial charge in [0.05, 0.1) is 15.7 Å². The Morgan fingerprint density at radius 3 is 2.47 bits per heavy atom. The Morgan fingerprint density at radius 1 is 1.13 bits per heavy atom. The van der Waals surface area contributed by atoms with Crippen LogP contribution >= 0.6 is 23.2 Å². The van der Waals surface area contributed by atoms with Crippen LogP contribution < -0.4 is 5.73 Å². The van der Waals surface area contributed by atoms with Gasteiger partial charge in [0.25, 0.3) is 0 Å². The van der Waals surface area contributed by atoms with Crippen molar-refractivity contribution in [2.75, 3.05) is 5.73 Å². The van der Waals surface area contributed by atoms with Crippen LogP contribution in [-0.2, 0) is 0 Å². The lowest BCUT2D eigenvalue weighted by atomic mass is 10.1. The maximum Gasteiger partial charge on any atom is 0.151 e. The molecule has 2 aromatic carbocycles. The fourth-order valence-electron chi connectivity index (χ4n) is 1.48. The summed E-state index contributed by atoms with van der Waals surface area (Å²) in [5.74, 6) is 0. The SMILES string of the molecule is Nc1c(Cl)ccc2ccc(C=O)c(Cl)c12. The predicted molar refractivity (Wildman–Crippen MR) is 63.8 cm³/mol. The highest BCUT2D eigenvalue weighted by Crippen LogP contribution is 2.35. The standard InChI is InChI=1S/C11H7Cl2NO/c12-8-4-3-6-1-2-7(5-15)10(13)9(6)11(8)14/h1-5H,14H2. The van der Waals surface area contributed by atoms with Crippen LogP contribution in [0, 0.1) is 0 Å². The summed E-state index contributed by atoms with van der Waals surface area (Å²) in [6, 6.07) is 6.97. The Bertz CT molecular complexity index is 552. The third-order valence-electron chi connectivity index (χ3n) is 2.27. The van der Waals surface area contributed by atoms with Gasteiger partial charge in [0.15, 0.2) is 6.29 Å². The van der Waals surface area contributed by atoms with Crippen molar-refractivity contribution in [2.24, 2.45) is 0 Å². The number of aldehydes is 1. The first-order chi connectivity index (χ1) is 7.15. The third kappa shape index (κ3) is 1.56. The predicted octanol–water partition coefficient (Wildman–Crippen LogP) is 3.54. The fourth-order valence-corrected chi connectivity index (χ4v) is 1.96. The smallest absolute Gasteiger partial charge is 0.151 e. The van der Waals surface area contributed by atoms with Crippen LogP contribution in [0.4, 0.5) is 5.69 Å². The van der Waals surface area contributed by atoms with E-state index in [0.29, 0.717) is 33.0 Å². The van der Waals surface area contributed by atoms with Gasteiger partial charge < -0.3 is 5.73 Å². The Hall–Kier alpha value is -1.25. The Morgan fingerprint density at radius 2 is 1.80 bits per heavy atom. The number of benzene rings is 2. The molecule has 0 heterocycles. The quantitative estimate of drug-likeness (QED) is 0.611. The van der Waals surface area contributed by atoms with E-state index in [1.165, 1.54) is 0 Å². The van der Waals surface area contributed by atoms with Crippen LogP contribution in [0.2, 0.25) is 10.0 Å². The first-order valence-corrected chi connectivity index (χ1v) is 5.02. The van der Waals surface area contributed by atoms with E-state index < -0.39 is 0 Å². The minimum absolute atomic E-state index is 0.350. The molecule has 0 spiro atoms. The summed E-state index contributed by atoms with van der Waals surface area (Å²) in [5, 5.41) is 2.29. The number of rotatable bonds is 1. The molecule has 0 saturated heterocycles. The first kappa shape index (κ1) is 10.3. The number of hydrogen-bond acceptors (Lipinski definition) is 2. The van der Waals surface area contributed by atoms with Gasteiger partial charge in [-0.15, -0.1) is 0 Å². The highest BCUT2D eigenvalue weighted by molar-refractivity contribution is 6.41. The summed E-state index contributed by atoms with van der Waals surface area (Å²) < 4.78 is 0. The van der Waals surface area contributed by atoms with E-state index in [1.807, 2.05) is 6.07 Å². The normalized spacial score (nSPS) is 10.5. The number of carbonyl (C=O) groups is 1. The zero-order valence-electron chi connectivity index (χ0n) is 7.63. The number of carbonyl (C=O) groups excluding carboxylic acids is 1. The molecule has 0 bridgehead atoms. The topological polar surface area (TPSA) is 43.1 Å². The third-order valence-corrected chi connectivity index (χ3v) is 3.00. The van der Waals surface area contributed by atoms with Crippen molar-refractivity contribution in [3.63, 3.8) is 0 Å². The molecule has 0 aliphatic heterocycles. The molecule has 2 N–H and O–H groups in total. The maximum atomic E-state index is 10.7. The van der Waals surface area contributed by atoms with Crippen LogP contribution in [0.15, 0.2) is 24.3 Å². The van der Waals surface area contributed by atoms with Crippen LogP contribution in [0.25, 0.3) is 10.8 Å². The first-order valence-electron chi connectivity index (χ1n) is 4.26. The van der Waals surface area contributed by atoms with Crippen molar-refractivity contribution in [2.45, 2.75) is 0 Å². The second-order valence-electron chi connectivity index (χ2n) is 3.15. The average molecular weight is 240 g/mol. The van der Waals surface area contributed by atoms with Crippen molar-refractivity contribution in [1.29, 1.82) is 0 Å². The minimum atomic E-state index is 0.350. The van der Waals surface area contributed by atoms with Gasteiger partial charge in [-0.2, -0.15) is 0 Å². The number of halogens is 2. The molecule has 2 nitrogen and oxygen atoms in total. The average Bonchev–Trinajstić information content (AvgIpc) is 2.24. The lowest BCUT2D eigenvalue weighted by Crippen LogP contribution is -1.91. The lowest BCUT2D eigenvalue weighted by molar-refractivity contribution is 0.112. The molecule has 15 heavy (non-hydrogen) atoms. The molecule has 0 fully saturated rings. The summed E-state index contributed by atoms with van der Waals surface area (Å²) in [6.07, 6.45) is 0.697. The number of anilines is 1. The fraction of sp³-hybridized carbons (Fsp3) is 0. The second-order valence-corrected chi connectivity index (χ2v) is 3.93. The van der Waals surface area contributed by atoms with Crippen LogP contribution in [0.3, 0.4) is 0 Å². The van der Waals surface area contributed by atoms with Crippen LogP contribution in [-0.4, -0.2) is 6.29 Å². The van der Waals surface area contributed by atoms with Crippen molar-refractivity contribution < 1.29 is 4.79 Å². The Kier molecular flexibility index (Phi) is 2.55. The second kappa shape index (κ2) is 3.72. The van der Waals surface area contributed by atoms with Gasteiger partial charge in [0.1, 0.15) is 0 Å². The molecule has 0 atom stereocenters. The largest absolute Gasteiger partial charge is 0.397 e. The van der Waals surface area contributed by atoms with Gasteiger partial charge in [0, 0.05) is 10.9 Å². The zero-order chi connectivity index (χ0) is 11.0. The summed E-state index contributed by atoms with van der Waals surface area (Å²) in [6.45, 7) is 0. The van der Waals surface area contributed by atoms with E-state index in [4.69, 9.17) is 28.9 Å². The van der Waals surface area contributed by atoms with Crippen molar-refractivity contribution in [3.8, 4) is 0 Å². The molecule has 4 heteroatoms. The number of fused-ring (bicyclic) bond motifs is 1. The molecule has 2 rings (SSSR count). The molecule has 0 aliphatic carbocycles. The molecule has 0 saturated carbocycles. The van der Waals surface area contributed by atoms with E-state index in [2.05, 4.69) is 0 Å². The van der Waals surface area contributed by atoms with E-state index >= 15 is 0 Å². The van der Waals surface area contributed by atoms with Crippen molar-refractivity contribution in [3.05, 3.63) is 39.9 Å². The zero-order valence-corrected chi connectivity index (χ0v) is 9.14. The van der Waals surface area contributed by atoms with Crippen molar-refractivity contribution in [1.82, 2.24) is 0 Å². The summed E-state index contributed by atoms with van der Waals surface area (Å²) >= 11 is 11.9.